The molecule has 1 aromatic carbocycles. The molecule has 0 N–H and O–H groups in total. The van der Waals surface area contributed by atoms with Crippen LogP contribution in [0.25, 0.3) is 0 Å². The van der Waals surface area contributed by atoms with Crippen LogP contribution in [0, 0.1) is 11.3 Å². The molecule has 86 valence electrons. The van der Waals surface area contributed by atoms with Crippen LogP contribution in [0.1, 0.15) is 31.4 Å². The van der Waals surface area contributed by atoms with E-state index >= 15 is 0 Å². The van der Waals surface area contributed by atoms with Gasteiger partial charge in [-0.1, -0.05) is 25.4 Å². The minimum absolute atomic E-state index is 0.634. The van der Waals surface area contributed by atoms with Gasteiger partial charge in [0.25, 0.3) is 0 Å². The molecule has 0 fully saturated rings. The summed E-state index contributed by atoms with van der Waals surface area (Å²) in [7, 11) is 0. The second kappa shape index (κ2) is 6.52. The third-order valence-corrected chi connectivity index (χ3v) is 2.70. The minimum Gasteiger partial charge on any atom is -0.299 e. The van der Waals surface area contributed by atoms with E-state index in [1.807, 2.05) is 12.1 Å². The van der Waals surface area contributed by atoms with Gasteiger partial charge in [-0.2, -0.15) is 5.26 Å². The maximum absolute atomic E-state index is 8.86. The quantitative estimate of drug-likeness (QED) is 0.783. The first kappa shape index (κ1) is 13.0. The lowest BCUT2D eigenvalue weighted by atomic mass is 10.1. The summed E-state index contributed by atoms with van der Waals surface area (Å²) in [5.74, 6) is 0. The van der Waals surface area contributed by atoms with Crippen LogP contribution < -0.4 is 0 Å². The minimum atomic E-state index is 0.634. The van der Waals surface area contributed by atoms with Gasteiger partial charge in [0.05, 0.1) is 11.6 Å². The van der Waals surface area contributed by atoms with Crippen LogP contribution in [0.15, 0.2) is 18.2 Å². The van der Waals surface area contributed by atoms with Crippen LogP contribution in [-0.2, 0) is 6.54 Å². The van der Waals surface area contributed by atoms with Crippen molar-refractivity contribution in [3.8, 4) is 6.07 Å². The van der Waals surface area contributed by atoms with Gasteiger partial charge >= 0.3 is 0 Å². The summed E-state index contributed by atoms with van der Waals surface area (Å²) in [5, 5.41) is 9.50. The predicted octanol–water partition coefficient (Wildman–Crippen LogP) is 3.44. The Morgan fingerprint density at radius 2 is 2.06 bits per heavy atom. The SMILES string of the molecule is CCCN(CC)Cc1cc(Cl)cc(C#N)c1. The summed E-state index contributed by atoms with van der Waals surface area (Å²) in [6.07, 6.45) is 1.14. The van der Waals surface area contributed by atoms with Gasteiger partial charge in [-0.05, 0) is 43.3 Å². The molecule has 0 amide bonds. The lowest BCUT2D eigenvalue weighted by molar-refractivity contribution is 0.280. The smallest absolute Gasteiger partial charge is 0.0992 e. The first-order valence-electron chi connectivity index (χ1n) is 5.61. The molecule has 1 aromatic rings. The highest BCUT2D eigenvalue weighted by molar-refractivity contribution is 6.30. The second-order valence-corrected chi connectivity index (χ2v) is 4.27. The molecule has 0 aliphatic carbocycles. The van der Waals surface area contributed by atoms with Crippen molar-refractivity contribution < 1.29 is 0 Å². The zero-order valence-corrected chi connectivity index (χ0v) is 10.6. The van der Waals surface area contributed by atoms with Crippen molar-refractivity contribution >= 4 is 11.6 Å². The standard InChI is InChI=1S/C13H17ClN2/c1-3-5-16(4-2)10-12-6-11(9-15)7-13(14)8-12/h6-8H,3-5,10H2,1-2H3. The van der Waals surface area contributed by atoms with Crippen LogP contribution in [0.4, 0.5) is 0 Å². The second-order valence-electron chi connectivity index (χ2n) is 3.83. The largest absolute Gasteiger partial charge is 0.299 e. The Labute approximate surface area is 102 Å². The van der Waals surface area contributed by atoms with E-state index in [0.29, 0.717) is 10.6 Å². The summed E-state index contributed by atoms with van der Waals surface area (Å²) < 4.78 is 0. The number of benzene rings is 1. The Bertz CT molecular complexity index is 382. The van der Waals surface area contributed by atoms with E-state index < -0.39 is 0 Å². The monoisotopic (exact) mass is 236 g/mol. The van der Waals surface area contributed by atoms with Gasteiger partial charge in [-0.15, -0.1) is 0 Å². The van der Waals surface area contributed by atoms with Crippen molar-refractivity contribution in [3.63, 3.8) is 0 Å². The molecule has 1 rings (SSSR count). The number of rotatable bonds is 5. The molecule has 0 atom stereocenters. The average molecular weight is 237 g/mol. The Morgan fingerprint density at radius 3 is 2.62 bits per heavy atom. The third-order valence-electron chi connectivity index (χ3n) is 2.48. The highest BCUT2D eigenvalue weighted by Crippen LogP contribution is 2.16. The van der Waals surface area contributed by atoms with Gasteiger partial charge in [0.2, 0.25) is 0 Å². The Balaban J connectivity index is 2.80. The van der Waals surface area contributed by atoms with E-state index in [0.717, 1.165) is 31.6 Å². The highest BCUT2D eigenvalue weighted by atomic mass is 35.5. The van der Waals surface area contributed by atoms with Crippen molar-refractivity contribution in [2.75, 3.05) is 13.1 Å². The molecule has 16 heavy (non-hydrogen) atoms. The summed E-state index contributed by atoms with van der Waals surface area (Å²) in [6, 6.07) is 7.66. The lowest BCUT2D eigenvalue weighted by Gasteiger charge is -2.19. The molecule has 0 saturated carbocycles. The van der Waals surface area contributed by atoms with E-state index in [1.54, 1.807) is 6.07 Å². The fourth-order valence-electron chi connectivity index (χ4n) is 1.73. The van der Waals surface area contributed by atoms with Crippen LogP contribution in [0.3, 0.4) is 0 Å². The summed E-state index contributed by atoms with van der Waals surface area (Å²) in [4.78, 5) is 2.34. The molecule has 2 nitrogen and oxygen atoms in total. The molecule has 0 aliphatic rings. The third kappa shape index (κ3) is 3.84. The number of nitrogens with zero attached hydrogens (tertiary/aromatic N) is 2. The van der Waals surface area contributed by atoms with Crippen LogP contribution in [0.5, 0.6) is 0 Å². The van der Waals surface area contributed by atoms with Crippen LogP contribution in [-0.4, -0.2) is 18.0 Å². The lowest BCUT2D eigenvalue weighted by Crippen LogP contribution is -2.23. The van der Waals surface area contributed by atoms with Gasteiger partial charge in [0.15, 0.2) is 0 Å². The zero-order valence-electron chi connectivity index (χ0n) is 9.83. The maximum Gasteiger partial charge on any atom is 0.0992 e. The molecule has 0 radical (unpaired) electrons. The number of halogens is 1. The number of hydrogen-bond donors (Lipinski definition) is 0. The molecule has 0 spiro atoms. The predicted molar refractivity (Wildman–Crippen MR) is 67.4 cm³/mol. The Kier molecular flexibility index (Phi) is 5.31. The van der Waals surface area contributed by atoms with Gasteiger partial charge in [-0.25, -0.2) is 0 Å². The summed E-state index contributed by atoms with van der Waals surface area (Å²) in [6.45, 7) is 7.26. The fourth-order valence-corrected chi connectivity index (χ4v) is 1.99. The Hall–Kier alpha value is -1.04. The van der Waals surface area contributed by atoms with E-state index in [4.69, 9.17) is 16.9 Å². The van der Waals surface area contributed by atoms with E-state index in [-0.39, 0.29) is 0 Å². The van der Waals surface area contributed by atoms with E-state index in [2.05, 4.69) is 24.8 Å². The average Bonchev–Trinajstić information content (AvgIpc) is 2.27. The van der Waals surface area contributed by atoms with Crippen molar-refractivity contribution in [1.82, 2.24) is 4.90 Å². The molecule has 0 unspecified atom stereocenters. The van der Waals surface area contributed by atoms with Crippen LogP contribution >= 0.6 is 11.6 Å². The molecule has 0 saturated heterocycles. The van der Waals surface area contributed by atoms with Crippen molar-refractivity contribution in [1.29, 1.82) is 5.26 Å². The summed E-state index contributed by atoms with van der Waals surface area (Å²) >= 11 is 5.96. The fraction of sp³-hybridized carbons (Fsp3) is 0.462. The normalized spacial score (nSPS) is 10.4. The molecule has 3 heteroatoms. The van der Waals surface area contributed by atoms with Gasteiger partial charge in [0.1, 0.15) is 0 Å². The molecule has 0 heterocycles. The van der Waals surface area contributed by atoms with Crippen molar-refractivity contribution in [3.05, 3.63) is 34.3 Å². The van der Waals surface area contributed by atoms with Gasteiger partial charge in [0, 0.05) is 11.6 Å². The van der Waals surface area contributed by atoms with Gasteiger partial charge < -0.3 is 0 Å². The van der Waals surface area contributed by atoms with Gasteiger partial charge in [-0.3, -0.25) is 4.90 Å². The number of nitriles is 1. The molecule has 0 bridgehead atoms. The van der Waals surface area contributed by atoms with E-state index in [9.17, 15) is 0 Å². The molecular formula is C13H17ClN2. The number of hydrogen-bond acceptors (Lipinski definition) is 2. The topological polar surface area (TPSA) is 27.0 Å². The maximum atomic E-state index is 8.86. The molecule has 0 aliphatic heterocycles. The summed E-state index contributed by atoms with van der Waals surface area (Å²) in [5.41, 5.74) is 1.74. The molecular weight excluding hydrogens is 220 g/mol. The Morgan fingerprint density at radius 1 is 1.31 bits per heavy atom. The van der Waals surface area contributed by atoms with Crippen molar-refractivity contribution in [2.45, 2.75) is 26.8 Å². The van der Waals surface area contributed by atoms with Crippen LogP contribution in [0.2, 0.25) is 5.02 Å². The molecule has 0 aromatic heterocycles. The highest BCUT2D eigenvalue weighted by Gasteiger charge is 2.04. The first-order chi connectivity index (χ1) is 7.69. The first-order valence-corrected chi connectivity index (χ1v) is 5.99. The zero-order chi connectivity index (χ0) is 12.0. The van der Waals surface area contributed by atoms with Crippen molar-refractivity contribution in [2.24, 2.45) is 0 Å². The van der Waals surface area contributed by atoms with E-state index in [1.165, 1.54) is 0 Å².